The molecule has 6 nitrogen and oxygen atoms in total. The van der Waals surface area contributed by atoms with Crippen LogP contribution in [0.15, 0.2) is 51.1 Å². The van der Waals surface area contributed by atoms with Gasteiger partial charge in [0.2, 0.25) is 0 Å². The Balaban J connectivity index is 1.80. The number of nitrogens with zero attached hydrogens (tertiary/aromatic N) is 1. The first-order valence-electron chi connectivity index (χ1n) is 8.91. The van der Waals surface area contributed by atoms with Crippen LogP contribution in [0.3, 0.4) is 0 Å². The maximum absolute atomic E-state index is 12.6. The van der Waals surface area contributed by atoms with Crippen molar-refractivity contribution in [3.8, 4) is 0 Å². The molecular weight excluding hydrogens is 382 g/mol. The number of para-hydroxylation sites is 1. The van der Waals surface area contributed by atoms with E-state index in [0.717, 1.165) is 29.9 Å². The minimum Gasteiger partial charge on any atom is -0.278 e. The number of rotatable bonds is 5. The molecule has 0 spiro atoms. The SMILES string of the molecule is C[C@@H]1CCC[C@@H](C)C1=NNC(=O)c1ccccc1NS(=O)(=O)c1cccs1. The van der Waals surface area contributed by atoms with Crippen molar-refractivity contribution in [2.75, 3.05) is 4.72 Å². The largest absolute Gasteiger partial charge is 0.278 e. The van der Waals surface area contributed by atoms with Gasteiger partial charge in [0.05, 0.1) is 11.3 Å². The van der Waals surface area contributed by atoms with E-state index in [1.165, 1.54) is 12.5 Å². The van der Waals surface area contributed by atoms with E-state index in [0.29, 0.717) is 11.8 Å². The molecule has 1 aromatic carbocycles. The number of thiophene rings is 1. The second-order valence-electron chi connectivity index (χ2n) is 6.79. The van der Waals surface area contributed by atoms with Crippen LogP contribution in [-0.2, 0) is 10.0 Å². The van der Waals surface area contributed by atoms with E-state index in [1.54, 1.807) is 35.7 Å². The van der Waals surface area contributed by atoms with Crippen molar-refractivity contribution >= 4 is 38.7 Å². The Morgan fingerprint density at radius 2 is 1.81 bits per heavy atom. The number of carbonyl (C=O) groups excluding carboxylic acids is 1. The minimum absolute atomic E-state index is 0.197. The quantitative estimate of drug-likeness (QED) is 0.735. The predicted octanol–water partition coefficient (Wildman–Crippen LogP) is 4.09. The standard InChI is InChI=1S/C19H23N3O3S2/c1-13-7-5-8-14(2)18(13)20-21-19(23)15-9-3-4-10-16(15)22-27(24,25)17-11-6-12-26-17/h3-4,6,9-14,22H,5,7-8H2,1-2H3,(H,21,23)/t13-,14-/m1/s1. The van der Waals surface area contributed by atoms with Crippen LogP contribution in [0.4, 0.5) is 5.69 Å². The molecule has 2 aromatic rings. The Kier molecular flexibility index (Phi) is 5.96. The topological polar surface area (TPSA) is 87.6 Å². The van der Waals surface area contributed by atoms with Gasteiger partial charge in [0.25, 0.3) is 15.9 Å². The van der Waals surface area contributed by atoms with E-state index < -0.39 is 15.9 Å². The first-order valence-corrected chi connectivity index (χ1v) is 11.3. The molecule has 0 radical (unpaired) electrons. The van der Waals surface area contributed by atoms with Gasteiger partial charge in [0, 0.05) is 5.71 Å². The maximum Gasteiger partial charge on any atom is 0.273 e. The van der Waals surface area contributed by atoms with Crippen LogP contribution in [0.2, 0.25) is 0 Å². The van der Waals surface area contributed by atoms with Gasteiger partial charge in [-0.05, 0) is 48.3 Å². The van der Waals surface area contributed by atoms with Gasteiger partial charge in [0.15, 0.2) is 0 Å². The fraction of sp³-hybridized carbons (Fsp3) is 0.368. The van der Waals surface area contributed by atoms with E-state index in [1.807, 2.05) is 0 Å². The smallest absolute Gasteiger partial charge is 0.273 e. The highest BCUT2D eigenvalue weighted by atomic mass is 32.2. The molecule has 1 fully saturated rings. The summed E-state index contributed by atoms with van der Waals surface area (Å²) in [4.78, 5) is 12.6. The van der Waals surface area contributed by atoms with Crippen LogP contribution in [0.25, 0.3) is 0 Å². The summed E-state index contributed by atoms with van der Waals surface area (Å²) in [6.45, 7) is 4.23. The zero-order valence-corrected chi connectivity index (χ0v) is 16.9. The van der Waals surface area contributed by atoms with E-state index in [-0.39, 0.29) is 15.5 Å². The van der Waals surface area contributed by atoms with E-state index in [9.17, 15) is 13.2 Å². The molecule has 144 valence electrons. The number of nitrogens with one attached hydrogen (secondary N) is 2. The molecule has 1 aromatic heterocycles. The fourth-order valence-electron chi connectivity index (χ4n) is 3.29. The third-order valence-corrected chi connectivity index (χ3v) is 7.51. The van der Waals surface area contributed by atoms with Crippen LogP contribution < -0.4 is 10.1 Å². The highest BCUT2D eigenvalue weighted by Gasteiger charge is 2.24. The maximum atomic E-state index is 12.6. The number of carbonyl (C=O) groups is 1. The normalized spacial score (nSPS) is 20.1. The van der Waals surface area contributed by atoms with E-state index >= 15 is 0 Å². The van der Waals surface area contributed by atoms with E-state index in [4.69, 9.17) is 0 Å². The Bertz CT molecular complexity index is 925. The molecule has 0 bridgehead atoms. The van der Waals surface area contributed by atoms with Crippen molar-refractivity contribution in [2.45, 2.75) is 37.3 Å². The molecule has 2 atom stereocenters. The summed E-state index contributed by atoms with van der Waals surface area (Å²) in [5.41, 5.74) is 4.06. The third kappa shape index (κ3) is 4.56. The van der Waals surface area contributed by atoms with Crippen molar-refractivity contribution < 1.29 is 13.2 Å². The number of hydrogen-bond acceptors (Lipinski definition) is 5. The average molecular weight is 406 g/mol. The predicted molar refractivity (Wildman–Crippen MR) is 109 cm³/mol. The van der Waals surface area contributed by atoms with Crippen molar-refractivity contribution in [1.29, 1.82) is 0 Å². The number of hydrogen-bond donors (Lipinski definition) is 2. The summed E-state index contributed by atoms with van der Waals surface area (Å²) in [7, 11) is -3.73. The molecule has 3 rings (SSSR count). The van der Waals surface area contributed by atoms with Gasteiger partial charge in [-0.3, -0.25) is 9.52 Å². The molecule has 0 aliphatic heterocycles. The van der Waals surface area contributed by atoms with Gasteiger partial charge < -0.3 is 0 Å². The van der Waals surface area contributed by atoms with Crippen LogP contribution in [0.5, 0.6) is 0 Å². The fourth-order valence-corrected chi connectivity index (χ4v) is 5.36. The second kappa shape index (κ2) is 8.22. The van der Waals surface area contributed by atoms with Gasteiger partial charge in [-0.2, -0.15) is 5.10 Å². The molecule has 0 saturated heterocycles. The molecule has 1 heterocycles. The lowest BCUT2D eigenvalue weighted by atomic mass is 9.81. The average Bonchev–Trinajstić information content (AvgIpc) is 3.17. The first kappa shape index (κ1) is 19.6. The summed E-state index contributed by atoms with van der Waals surface area (Å²) in [5.74, 6) is 0.236. The summed E-state index contributed by atoms with van der Waals surface area (Å²) >= 11 is 1.12. The summed E-state index contributed by atoms with van der Waals surface area (Å²) in [6.07, 6.45) is 3.30. The van der Waals surface area contributed by atoms with Gasteiger partial charge in [-0.15, -0.1) is 11.3 Å². The molecule has 1 amide bonds. The Morgan fingerprint density at radius 3 is 2.48 bits per heavy atom. The molecular formula is C19H23N3O3S2. The van der Waals surface area contributed by atoms with Gasteiger partial charge >= 0.3 is 0 Å². The van der Waals surface area contributed by atoms with Crippen molar-refractivity contribution in [3.63, 3.8) is 0 Å². The lowest BCUT2D eigenvalue weighted by Crippen LogP contribution is -2.29. The summed E-state index contributed by atoms with van der Waals surface area (Å²) in [5, 5.41) is 6.04. The van der Waals surface area contributed by atoms with Crippen molar-refractivity contribution in [1.82, 2.24) is 5.43 Å². The number of amides is 1. The second-order valence-corrected chi connectivity index (χ2v) is 9.65. The van der Waals surface area contributed by atoms with Crippen LogP contribution in [0.1, 0.15) is 43.5 Å². The number of sulfonamides is 1. The molecule has 1 saturated carbocycles. The van der Waals surface area contributed by atoms with Crippen LogP contribution in [-0.4, -0.2) is 20.0 Å². The minimum atomic E-state index is -3.73. The van der Waals surface area contributed by atoms with Gasteiger partial charge in [-0.25, -0.2) is 13.8 Å². The lowest BCUT2D eigenvalue weighted by molar-refractivity contribution is 0.0955. The number of hydrazone groups is 1. The highest BCUT2D eigenvalue weighted by molar-refractivity contribution is 7.94. The molecule has 1 aliphatic carbocycles. The molecule has 8 heteroatoms. The monoisotopic (exact) mass is 405 g/mol. The molecule has 2 N–H and O–H groups in total. The third-order valence-electron chi connectivity index (χ3n) is 4.75. The summed E-state index contributed by atoms with van der Waals surface area (Å²) < 4.78 is 27.6. The molecule has 0 unspecified atom stereocenters. The Hall–Kier alpha value is -2.19. The molecule has 27 heavy (non-hydrogen) atoms. The number of anilines is 1. The highest BCUT2D eigenvalue weighted by Crippen LogP contribution is 2.26. The first-order chi connectivity index (χ1) is 12.9. The summed E-state index contributed by atoms with van der Waals surface area (Å²) in [6, 6.07) is 9.71. The van der Waals surface area contributed by atoms with Crippen molar-refractivity contribution in [3.05, 3.63) is 47.3 Å². The van der Waals surface area contributed by atoms with Crippen LogP contribution >= 0.6 is 11.3 Å². The zero-order chi connectivity index (χ0) is 19.4. The van der Waals surface area contributed by atoms with Crippen LogP contribution in [0, 0.1) is 11.8 Å². The number of benzene rings is 1. The van der Waals surface area contributed by atoms with E-state index in [2.05, 4.69) is 29.1 Å². The lowest BCUT2D eigenvalue weighted by Gasteiger charge is -2.26. The van der Waals surface area contributed by atoms with Gasteiger partial charge in [0.1, 0.15) is 4.21 Å². The van der Waals surface area contributed by atoms with Crippen molar-refractivity contribution in [2.24, 2.45) is 16.9 Å². The Labute approximate surface area is 163 Å². The molecule has 1 aliphatic rings. The Morgan fingerprint density at radius 1 is 1.11 bits per heavy atom. The van der Waals surface area contributed by atoms with Gasteiger partial charge in [-0.1, -0.05) is 38.5 Å². The zero-order valence-electron chi connectivity index (χ0n) is 15.3.